The second-order valence-electron chi connectivity index (χ2n) is 6.38. The van der Waals surface area contributed by atoms with E-state index in [4.69, 9.17) is 11.5 Å². The van der Waals surface area contributed by atoms with Crippen molar-refractivity contribution < 1.29 is 15.3 Å². The maximum Gasteiger partial charge on any atom is 0.126 e. The monoisotopic (exact) mass is 360 g/mol. The molecule has 7 heteroatoms. The van der Waals surface area contributed by atoms with E-state index in [0.717, 1.165) is 11.3 Å². The first-order valence-corrected chi connectivity index (χ1v) is 8.55. The molecule has 7 nitrogen and oxygen atoms in total. The molecule has 0 aliphatic heterocycles. The third kappa shape index (κ3) is 4.37. The van der Waals surface area contributed by atoms with Crippen LogP contribution in [-0.4, -0.2) is 27.8 Å². The molecule has 0 aliphatic carbocycles. The molecule has 3 atom stereocenters. The lowest BCUT2D eigenvalue weighted by atomic mass is 9.99. The van der Waals surface area contributed by atoms with Crippen LogP contribution in [0.1, 0.15) is 38.0 Å². The Bertz CT molecular complexity index is 722. The van der Waals surface area contributed by atoms with E-state index in [1.165, 1.54) is 4.90 Å². The molecule has 0 saturated carbocycles. The Hall–Kier alpha value is -2.48. The van der Waals surface area contributed by atoms with Gasteiger partial charge in [-0.15, -0.1) is 0 Å². The van der Waals surface area contributed by atoms with E-state index >= 15 is 0 Å². The molecular formula is C19H28N4O3. The van der Waals surface area contributed by atoms with Crippen molar-refractivity contribution in [3.05, 3.63) is 47.5 Å². The van der Waals surface area contributed by atoms with Gasteiger partial charge in [0.25, 0.3) is 0 Å². The van der Waals surface area contributed by atoms with E-state index in [9.17, 15) is 15.3 Å². The number of nitrogens with two attached hydrogens (primary N) is 2. The molecule has 2 rings (SSSR count). The van der Waals surface area contributed by atoms with E-state index in [1.54, 1.807) is 45.0 Å². The summed E-state index contributed by atoms with van der Waals surface area (Å²) in [6.45, 7) is 5.26. The van der Waals surface area contributed by atoms with Crippen LogP contribution in [0.2, 0.25) is 0 Å². The van der Waals surface area contributed by atoms with E-state index in [0.29, 0.717) is 29.2 Å². The second-order valence-corrected chi connectivity index (χ2v) is 6.38. The van der Waals surface area contributed by atoms with Gasteiger partial charge in [-0.1, -0.05) is 0 Å². The summed E-state index contributed by atoms with van der Waals surface area (Å²) < 4.78 is 0. The Morgan fingerprint density at radius 2 is 1.42 bits per heavy atom. The van der Waals surface area contributed by atoms with E-state index < -0.39 is 18.6 Å². The molecule has 142 valence electrons. The first kappa shape index (κ1) is 19.8. The van der Waals surface area contributed by atoms with Gasteiger partial charge >= 0.3 is 0 Å². The van der Waals surface area contributed by atoms with Crippen LogP contribution in [0, 0.1) is 0 Å². The van der Waals surface area contributed by atoms with Crippen LogP contribution in [0.3, 0.4) is 0 Å². The number of hydrogen-bond donors (Lipinski definition) is 6. The third-order valence-electron chi connectivity index (χ3n) is 4.28. The van der Waals surface area contributed by atoms with Crippen molar-refractivity contribution in [2.24, 2.45) is 0 Å². The van der Waals surface area contributed by atoms with Crippen LogP contribution in [0.15, 0.2) is 36.4 Å². The van der Waals surface area contributed by atoms with Crippen molar-refractivity contribution in [3.63, 3.8) is 0 Å². The first-order chi connectivity index (χ1) is 12.2. The standard InChI is InChI=1S/C19H28N4O3/c1-11(24)19-16(17(20)8-9-18(19)21)10-22-14-4-6-15(7-5-14)23(12(2)25)13(3)26/h4-9,11-13,22,24-26H,10,20-21H2,1-3H3. The highest BCUT2D eigenvalue weighted by atomic mass is 16.3. The predicted molar refractivity (Wildman–Crippen MR) is 106 cm³/mol. The topological polar surface area (TPSA) is 128 Å². The summed E-state index contributed by atoms with van der Waals surface area (Å²) in [4.78, 5) is 1.49. The summed E-state index contributed by atoms with van der Waals surface area (Å²) in [5, 5.41) is 32.8. The van der Waals surface area contributed by atoms with Crippen molar-refractivity contribution >= 4 is 22.7 Å². The van der Waals surface area contributed by atoms with Gasteiger partial charge in [-0.2, -0.15) is 0 Å². The molecule has 0 aromatic heterocycles. The maximum absolute atomic E-state index is 9.99. The van der Waals surface area contributed by atoms with Gasteiger partial charge in [0, 0.05) is 40.4 Å². The van der Waals surface area contributed by atoms with Crippen LogP contribution in [0.5, 0.6) is 0 Å². The minimum absolute atomic E-state index is 0.410. The number of nitrogen functional groups attached to an aromatic ring is 2. The minimum Gasteiger partial charge on any atom is -0.398 e. The number of rotatable bonds is 7. The Labute approximate surface area is 153 Å². The zero-order chi connectivity index (χ0) is 19.4. The van der Waals surface area contributed by atoms with Gasteiger partial charge in [0.15, 0.2) is 0 Å². The van der Waals surface area contributed by atoms with Gasteiger partial charge in [0.2, 0.25) is 0 Å². The van der Waals surface area contributed by atoms with E-state index in [1.807, 2.05) is 12.1 Å². The molecule has 2 aromatic rings. The summed E-state index contributed by atoms with van der Waals surface area (Å²) in [6.07, 6.45) is -2.34. The van der Waals surface area contributed by atoms with E-state index in [2.05, 4.69) is 5.32 Å². The van der Waals surface area contributed by atoms with Gasteiger partial charge in [0.05, 0.1) is 6.10 Å². The highest BCUT2D eigenvalue weighted by Gasteiger charge is 2.17. The van der Waals surface area contributed by atoms with Gasteiger partial charge in [0.1, 0.15) is 12.5 Å². The van der Waals surface area contributed by atoms with Gasteiger partial charge in [-0.25, -0.2) is 0 Å². The normalized spacial score (nSPS) is 14.5. The van der Waals surface area contributed by atoms with Crippen LogP contribution < -0.4 is 21.7 Å². The zero-order valence-corrected chi connectivity index (χ0v) is 15.3. The maximum atomic E-state index is 9.99. The smallest absolute Gasteiger partial charge is 0.126 e. The van der Waals surface area contributed by atoms with Gasteiger partial charge in [-0.05, 0) is 57.2 Å². The second kappa shape index (κ2) is 8.27. The highest BCUT2D eigenvalue weighted by Crippen LogP contribution is 2.30. The van der Waals surface area contributed by atoms with Gasteiger partial charge in [-0.3, -0.25) is 0 Å². The van der Waals surface area contributed by atoms with E-state index in [-0.39, 0.29) is 0 Å². The first-order valence-electron chi connectivity index (χ1n) is 8.55. The van der Waals surface area contributed by atoms with Crippen molar-refractivity contribution in [2.45, 2.75) is 45.9 Å². The molecule has 26 heavy (non-hydrogen) atoms. The molecule has 0 aliphatic rings. The summed E-state index contributed by atoms with van der Waals surface area (Å²) >= 11 is 0. The Morgan fingerprint density at radius 3 is 1.92 bits per heavy atom. The molecule has 0 saturated heterocycles. The molecule has 0 bridgehead atoms. The van der Waals surface area contributed by atoms with Crippen LogP contribution in [0.25, 0.3) is 0 Å². The van der Waals surface area contributed by atoms with Crippen molar-refractivity contribution in [1.82, 2.24) is 0 Å². The molecular weight excluding hydrogens is 332 g/mol. The van der Waals surface area contributed by atoms with Crippen LogP contribution in [0.4, 0.5) is 22.7 Å². The van der Waals surface area contributed by atoms with Gasteiger partial charge < -0.3 is 37.0 Å². The van der Waals surface area contributed by atoms with Crippen molar-refractivity contribution in [3.8, 4) is 0 Å². The fraction of sp³-hybridized carbons (Fsp3) is 0.368. The Kier molecular flexibility index (Phi) is 6.31. The summed E-state index contributed by atoms with van der Waals surface area (Å²) in [6, 6.07) is 10.7. The summed E-state index contributed by atoms with van der Waals surface area (Å²) in [7, 11) is 0. The van der Waals surface area contributed by atoms with Crippen molar-refractivity contribution in [1.29, 1.82) is 0 Å². The Morgan fingerprint density at radius 1 is 0.885 bits per heavy atom. The fourth-order valence-electron chi connectivity index (χ4n) is 3.08. The molecule has 0 radical (unpaired) electrons. The highest BCUT2D eigenvalue weighted by molar-refractivity contribution is 5.64. The molecule has 3 unspecified atom stereocenters. The molecule has 0 heterocycles. The number of hydrogen-bond acceptors (Lipinski definition) is 7. The zero-order valence-electron chi connectivity index (χ0n) is 15.3. The number of aliphatic hydroxyl groups excluding tert-OH is 3. The fourth-order valence-corrected chi connectivity index (χ4v) is 3.08. The molecule has 0 fully saturated rings. The SMILES string of the molecule is CC(O)c1c(N)ccc(N)c1CNc1ccc(N(C(C)O)C(C)O)cc1. The lowest BCUT2D eigenvalue weighted by molar-refractivity contribution is 0.105. The largest absolute Gasteiger partial charge is 0.398 e. The Balaban J connectivity index is 2.18. The predicted octanol–water partition coefficient (Wildman–Crippen LogP) is 2.00. The molecule has 8 N–H and O–H groups in total. The lowest BCUT2D eigenvalue weighted by Gasteiger charge is -2.30. The average molecular weight is 360 g/mol. The lowest BCUT2D eigenvalue weighted by Crippen LogP contribution is -2.40. The molecule has 0 spiro atoms. The number of benzene rings is 2. The van der Waals surface area contributed by atoms with Crippen LogP contribution >= 0.6 is 0 Å². The quantitative estimate of drug-likeness (QED) is 0.329. The number of anilines is 4. The van der Waals surface area contributed by atoms with Crippen molar-refractivity contribution in [2.75, 3.05) is 21.7 Å². The number of nitrogens with zero attached hydrogens (tertiary/aromatic N) is 1. The number of nitrogens with one attached hydrogen (secondary N) is 1. The average Bonchev–Trinajstić information content (AvgIpc) is 2.55. The van der Waals surface area contributed by atoms with Crippen LogP contribution in [-0.2, 0) is 6.54 Å². The summed E-state index contributed by atoms with van der Waals surface area (Å²) in [5.74, 6) is 0. The minimum atomic E-state index is -0.811. The summed E-state index contributed by atoms with van der Waals surface area (Å²) in [5.41, 5.74) is 16.0. The molecule has 2 aromatic carbocycles. The third-order valence-corrected chi connectivity index (χ3v) is 4.28. The number of aliphatic hydroxyl groups is 3. The molecule has 0 amide bonds.